The Bertz CT molecular complexity index is 1100. The molecule has 0 radical (unpaired) electrons. The number of anilines is 1. The summed E-state index contributed by atoms with van der Waals surface area (Å²) in [6.07, 6.45) is 7.76. The van der Waals surface area contributed by atoms with Crippen LogP contribution >= 0.6 is 11.6 Å². The van der Waals surface area contributed by atoms with Gasteiger partial charge in [-0.2, -0.15) is 5.10 Å². The third-order valence-corrected chi connectivity index (χ3v) is 8.68. The Morgan fingerprint density at radius 2 is 1.67 bits per heavy atom. The van der Waals surface area contributed by atoms with E-state index in [1.165, 1.54) is 19.3 Å². The topological polar surface area (TPSA) is 67.2 Å². The van der Waals surface area contributed by atoms with Crippen molar-refractivity contribution in [3.05, 3.63) is 41.0 Å². The standard InChI is InChI=1S/C29H39ClN4O2/c1-5-10-33(27(36)29-15-19-11-20(16-29)13-21(12-19)17-29)18-26(35)31-25-14-24(28(2,3)4)32-34(25)23-8-6-22(30)7-9-23/h6-9,14,19-21H,5,10-13,15-18H2,1-4H3,(H,31,35). The molecule has 194 valence electrons. The van der Waals surface area contributed by atoms with Crippen molar-refractivity contribution in [2.75, 3.05) is 18.4 Å². The lowest BCUT2D eigenvalue weighted by Gasteiger charge is -2.56. The van der Waals surface area contributed by atoms with Crippen LogP contribution in [0.2, 0.25) is 5.02 Å². The van der Waals surface area contributed by atoms with Gasteiger partial charge in [-0.3, -0.25) is 9.59 Å². The van der Waals surface area contributed by atoms with Gasteiger partial charge in [0.1, 0.15) is 5.82 Å². The maximum absolute atomic E-state index is 13.9. The monoisotopic (exact) mass is 510 g/mol. The highest BCUT2D eigenvalue weighted by Crippen LogP contribution is 2.60. The van der Waals surface area contributed by atoms with Crippen LogP contribution in [0, 0.1) is 23.2 Å². The second-order valence-corrected chi connectivity index (χ2v) is 13.0. The van der Waals surface area contributed by atoms with Gasteiger partial charge in [-0.05, 0) is 87.0 Å². The average molecular weight is 511 g/mol. The van der Waals surface area contributed by atoms with E-state index >= 15 is 0 Å². The normalized spacial score (nSPS) is 26.8. The number of nitrogens with one attached hydrogen (secondary N) is 1. The maximum atomic E-state index is 13.9. The van der Waals surface area contributed by atoms with Crippen LogP contribution in [0.1, 0.15) is 78.3 Å². The zero-order valence-electron chi connectivity index (χ0n) is 22.0. The van der Waals surface area contributed by atoms with Crippen molar-refractivity contribution >= 4 is 29.2 Å². The number of benzene rings is 1. The molecule has 1 heterocycles. The van der Waals surface area contributed by atoms with Crippen LogP contribution in [0.3, 0.4) is 0 Å². The Labute approximate surface area is 219 Å². The summed E-state index contributed by atoms with van der Waals surface area (Å²) in [5, 5.41) is 8.50. The summed E-state index contributed by atoms with van der Waals surface area (Å²) in [4.78, 5) is 29.1. The van der Waals surface area contributed by atoms with Gasteiger partial charge >= 0.3 is 0 Å². The highest BCUT2D eigenvalue weighted by atomic mass is 35.5. The molecule has 6 rings (SSSR count). The first-order valence-corrected chi connectivity index (χ1v) is 13.9. The van der Waals surface area contributed by atoms with Gasteiger partial charge in [0, 0.05) is 23.0 Å². The van der Waals surface area contributed by atoms with E-state index in [9.17, 15) is 9.59 Å². The van der Waals surface area contributed by atoms with Crippen molar-refractivity contribution < 1.29 is 9.59 Å². The number of aromatic nitrogens is 2. The van der Waals surface area contributed by atoms with E-state index in [2.05, 4.69) is 33.0 Å². The Hall–Kier alpha value is -2.34. The van der Waals surface area contributed by atoms with E-state index < -0.39 is 0 Å². The van der Waals surface area contributed by atoms with Gasteiger partial charge in [0.2, 0.25) is 11.8 Å². The van der Waals surface area contributed by atoms with Crippen molar-refractivity contribution in [2.24, 2.45) is 23.2 Å². The van der Waals surface area contributed by atoms with Gasteiger partial charge in [0.25, 0.3) is 0 Å². The molecular formula is C29H39ClN4O2. The number of hydrogen-bond acceptors (Lipinski definition) is 3. The van der Waals surface area contributed by atoms with Crippen molar-refractivity contribution in [3.63, 3.8) is 0 Å². The summed E-state index contributed by atoms with van der Waals surface area (Å²) < 4.78 is 1.75. The van der Waals surface area contributed by atoms with Crippen LogP contribution in [-0.4, -0.2) is 39.6 Å². The number of rotatable bonds is 7. The van der Waals surface area contributed by atoms with Crippen molar-refractivity contribution in [3.8, 4) is 5.69 Å². The van der Waals surface area contributed by atoms with Crippen LogP contribution in [0.5, 0.6) is 0 Å². The van der Waals surface area contributed by atoms with Gasteiger partial charge < -0.3 is 10.2 Å². The lowest BCUT2D eigenvalue weighted by atomic mass is 9.49. The van der Waals surface area contributed by atoms with E-state index in [0.29, 0.717) is 35.1 Å². The van der Waals surface area contributed by atoms with Crippen LogP contribution in [0.25, 0.3) is 5.69 Å². The largest absolute Gasteiger partial charge is 0.333 e. The summed E-state index contributed by atoms with van der Waals surface area (Å²) >= 11 is 6.09. The molecule has 0 aliphatic heterocycles. The zero-order valence-corrected chi connectivity index (χ0v) is 22.8. The fraction of sp³-hybridized carbons (Fsp3) is 0.621. The summed E-state index contributed by atoms with van der Waals surface area (Å²) in [6.45, 7) is 9.05. The van der Waals surface area contributed by atoms with Crippen molar-refractivity contribution in [1.29, 1.82) is 0 Å². The first-order valence-electron chi connectivity index (χ1n) is 13.5. The molecule has 1 N–H and O–H groups in total. The molecule has 6 nitrogen and oxygen atoms in total. The third kappa shape index (κ3) is 4.93. The minimum absolute atomic E-state index is 0.0745. The minimum Gasteiger partial charge on any atom is -0.333 e. The molecule has 4 aliphatic rings. The quantitative estimate of drug-likeness (QED) is 0.481. The molecule has 4 bridgehead atoms. The fourth-order valence-corrected chi connectivity index (χ4v) is 7.33. The van der Waals surface area contributed by atoms with Crippen LogP contribution in [0.15, 0.2) is 30.3 Å². The lowest BCUT2D eigenvalue weighted by molar-refractivity contribution is -0.158. The number of halogens is 1. The molecule has 4 fully saturated rings. The van der Waals surface area contributed by atoms with Gasteiger partial charge in [0.15, 0.2) is 0 Å². The Balaban J connectivity index is 1.35. The van der Waals surface area contributed by atoms with E-state index in [-0.39, 0.29) is 29.2 Å². The summed E-state index contributed by atoms with van der Waals surface area (Å²) in [5.74, 6) is 2.72. The van der Waals surface area contributed by atoms with Gasteiger partial charge in [-0.1, -0.05) is 39.3 Å². The van der Waals surface area contributed by atoms with E-state index in [1.54, 1.807) is 4.68 Å². The Morgan fingerprint density at radius 1 is 1.08 bits per heavy atom. The molecule has 0 spiro atoms. The second kappa shape index (κ2) is 9.51. The van der Waals surface area contributed by atoms with Crippen LogP contribution < -0.4 is 5.32 Å². The minimum atomic E-state index is -0.241. The predicted octanol–water partition coefficient (Wildman–Crippen LogP) is 6.22. The highest BCUT2D eigenvalue weighted by molar-refractivity contribution is 6.30. The van der Waals surface area contributed by atoms with Gasteiger partial charge in [0.05, 0.1) is 23.3 Å². The number of hydrogen-bond donors (Lipinski definition) is 1. The maximum Gasteiger partial charge on any atom is 0.245 e. The molecule has 36 heavy (non-hydrogen) atoms. The number of carbonyl (C=O) groups is 2. The number of nitrogens with zero attached hydrogens (tertiary/aromatic N) is 3. The number of amides is 2. The molecule has 0 atom stereocenters. The summed E-state index contributed by atoms with van der Waals surface area (Å²) in [5.41, 5.74) is 1.28. The van der Waals surface area contributed by atoms with E-state index in [0.717, 1.165) is 37.1 Å². The van der Waals surface area contributed by atoms with Crippen LogP contribution in [-0.2, 0) is 15.0 Å². The van der Waals surface area contributed by atoms with E-state index in [4.69, 9.17) is 16.7 Å². The third-order valence-electron chi connectivity index (χ3n) is 8.42. The first kappa shape index (κ1) is 25.3. The molecule has 4 aliphatic carbocycles. The molecule has 1 aromatic heterocycles. The Kier molecular flexibility index (Phi) is 6.69. The van der Waals surface area contributed by atoms with Gasteiger partial charge in [-0.15, -0.1) is 0 Å². The number of carbonyl (C=O) groups excluding carboxylic acids is 2. The molecule has 7 heteroatoms. The molecule has 0 unspecified atom stereocenters. The SMILES string of the molecule is CCCN(CC(=O)Nc1cc(C(C)(C)C)nn1-c1ccc(Cl)cc1)C(=O)C12CC3CC(CC(C3)C1)C2. The van der Waals surface area contributed by atoms with E-state index in [1.807, 2.05) is 35.2 Å². The second-order valence-electron chi connectivity index (χ2n) is 12.5. The van der Waals surface area contributed by atoms with Crippen molar-refractivity contribution in [2.45, 2.75) is 78.1 Å². The molecule has 2 aromatic rings. The fourth-order valence-electron chi connectivity index (χ4n) is 7.20. The molecule has 2 amide bonds. The first-order chi connectivity index (χ1) is 17.1. The van der Waals surface area contributed by atoms with Crippen molar-refractivity contribution in [1.82, 2.24) is 14.7 Å². The average Bonchev–Trinajstić information content (AvgIpc) is 3.22. The molecule has 1 aromatic carbocycles. The zero-order chi connectivity index (χ0) is 25.7. The highest BCUT2D eigenvalue weighted by Gasteiger charge is 2.55. The summed E-state index contributed by atoms with van der Waals surface area (Å²) in [6, 6.07) is 9.33. The lowest BCUT2D eigenvalue weighted by Crippen LogP contribution is -2.55. The molecule has 0 saturated heterocycles. The Morgan fingerprint density at radius 3 is 2.19 bits per heavy atom. The molecule has 4 saturated carbocycles. The molecular weight excluding hydrogens is 472 g/mol. The summed E-state index contributed by atoms with van der Waals surface area (Å²) in [7, 11) is 0. The smallest absolute Gasteiger partial charge is 0.245 e. The predicted molar refractivity (Wildman–Crippen MR) is 143 cm³/mol. The van der Waals surface area contributed by atoms with Crippen LogP contribution in [0.4, 0.5) is 5.82 Å². The van der Waals surface area contributed by atoms with Gasteiger partial charge in [-0.25, -0.2) is 4.68 Å².